The molecule has 0 fully saturated rings. The molecule has 0 unspecified atom stereocenters. The quantitative estimate of drug-likeness (QED) is 0.342. The van der Waals surface area contributed by atoms with Crippen molar-refractivity contribution in [3.63, 3.8) is 0 Å². The minimum absolute atomic E-state index is 0.102. The zero-order chi connectivity index (χ0) is 8.69. The fourth-order valence-corrected chi connectivity index (χ4v) is 0.494. The maximum atomic E-state index is 11.0. The monoisotopic (exact) mass is 158 g/mol. The van der Waals surface area contributed by atoms with E-state index in [1.54, 1.807) is 13.1 Å². The molecule has 0 aliphatic heterocycles. The largest absolute Gasteiger partial charge is 0.305 e. The van der Waals surface area contributed by atoms with Gasteiger partial charge in [0.15, 0.2) is 0 Å². The summed E-state index contributed by atoms with van der Waals surface area (Å²) in [6.45, 7) is 4.41. The summed E-state index contributed by atoms with van der Waals surface area (Å²) in [6, 6.07) is 0. The summed E-state index contributed by atoms with van der Waals surface area (Å²) < 4.78 is 0. The SMILES string of the molecule is C=CCNCC(=O)N(C)OC. The van der Waals surface area contributed by atoms with E-state index in [1.165, 1.54) is 12.2 Å². The molecule has 0 heterocycles. The van der Waals surface area contributed by atoms with Gasteiger partial charge in [-0.1, -0.05) is 6.08 Å². The van der Waals surface area contributed by atoms with E-state index in [9.17, 15) is 4.79 Å². The van der Waals surface area contributed by atoms with Crippen LogP contribution in [-0.2, 0) is 9.63 Å². The Morgan fingerprint density at radius 2 is 2.45 bits per heavy atom. The summed E-state index contributed by atoms with van der Waals surface area (Å²) >= 11 is 0. The number of nitrogens with one attached hydrogen (secondary N) is 1. The van der Waals surface area contributed by atoms with Crippen molar-refractivity contribution in [2.45, 2.75) is 0 Å². The van der Waals surface area contributed by atoms with Gasteiger partial charge in [-0.3, -0.25) is 9.63 Å². The Balaban J connectivity index is 3.43. The molecule has 0 saturated carbocycles. The molecule has 0 aromatic heterocycles. The van der Waals surface area contributed by atoms with E-state index in [0.29, 0.717) is 6.54 Å². The van der Waals surface area contributed by atoms with Crippen LogP contribution in [0.3, 0.4) is 0 Å². The van der Waals surface area contributed by atoms with Gasteiger partial charge in [0.05, 0.1) is 13.7 Å². The lowest BCUT2D eigenvalue weighted by atomic mass is 10.5. The zero-order valence-corrected chi connectivity index (χ0v) is 6.96. The average Bonchev–Trinajstić information content (AvgIpc) is 2.03. The third-order valence-electron chi connectivity index (χ3n) is 1.19. The molecular weight excluding hydrogens is 144 g/mol. The second-order valence-electron chi connectivity index (χ2n) is 1.99. The topological polar surface area (TPSA) is 41.6 Å². The van der Waals surface area contributed by atoms with Crippen LogP contribution >= 0.6 is 0 Å². The number of rotatable bonds is 5. The maximum Gasteiger partial charge on any atom is 0.259 e. The van der Waals surface area contributed by atoms with Gasteiger partial charge in [0.1, 0.15) is 0 Å². The average molecular weight is 158 g/mol. The van der Waals surface area contributed by atoms with Crippen LogP contribution in [-0.4, -0.2) is 38.2 Å². The van der Waals surface area contributed by atoms with Crippen LogP contribution in [0, 0.1) is 0 Å². The molecule has 0 aromatic rings. The summed E-state index contributed by atoms with van der Waals surface area (Å²) in [5.74, 6) is -0.102. The lowest BCUT2D eigenvalue weighted by molar-refractivity contribution is -0.167. The van der Waals surface area contributed by atoms with Gasteiger partial charge in [-0.05, 0) is 0 Å². The first-order valence-electron chi connectivity index (χ1n) is 3.34. The molecule has 0 rings (SSSR count). The maximum absolute atomic E-state index is 11.0. The lowest BCUT2D eigenvalue weighted by Crippen LogP contribution is -2.34. The molecule has 1 N–H and O–H groups in total. The van der Waals surface area contributed by atoms with Crippen LogP contribution in [0.15, 0.2) is 12.7 Å². The number of amides is 1. The van der Waals surface area contributed by atoms with Gasteiger partial charge in [0, 0.05) is 13.6 Å². The van der Waals surface area contributed by atoms with Crippen molar-refractivity contribution in [3.05, 3.63) is 12.7 Å². The Morgan fingerprint density at radius 3 is 2.91 bits per heavy atom. The highest BCUT2D eigenvalue weighted by Gasteiger charge is 2.04. The smallest absolute Gasteiger partial charge is 0.259 e. The van der Waals surface area contributed by atoms with Crippen LogP contribution in [0.4, 0.5) is 0 Å². The highest BCUT2D eigenvalue weighted by Crippen LogP contribution is 1.81. The van der Waals surface area contributed by atoms with Crippen molar-refractivity contribution >= 4 is 5.91 Å². The van der Waals surface area contributed by atoms with Crippen molar-refractivity contribution in [2.75, 3.05) is 27.2 Å². The van der Waals surface area contributed by atoms with Gasteiger partial charge in [0.2, 0.25) is 0 Å². The first-order chi connectivity index (χ1) is 5.22. The van der Waals surface area contributed by atoms with Gasteiger partial charge in [-0.2, -0.15) is 0 Å². The minimum Gasteiger partial charge on any atom is -0.305 e. The van der Waals surface area contributed by atoms with Gasteiger partial charge in [-0.15, -0.1) is 6.58 Å². The van der Waals surface area contributed by atoms with Crippen molar-refractivity contribution in [3.8, 4) is 0 Å². The normalized spacial score (nSPS) is 9.27. The molecule has 0 bridgehead atoms. The number of hydrogen-bond acceptors (Lipinski definition) is 3. The molecule has 0 radical (unpaired) electrons. The van der Waals surface area contributed by atoms with Crippen molar-refractivity contribution < 1.29 is 9.63 Å². The fraction of sp³-hybridized carbons (Fsp3) is 0.571. The third kappa shape index (κ3) is 4.52. The van der Waals surface area contributed by atoms with Gasteiger partial charge < -0.3 is 5.32 Å². The van der Waals surface area contributed by atoms with Crippen LogP contribution < -0.4 is 5.32 Å². The molecular formula is C7H14N2O2. The lowest BCUT2D eigenvalue weighted by Gasteiger charge is -2.13. The highest BCUT2D eigenvalue weighted by molar-refractivity contribution is 5.76. The van der Waals surface area contributed by atoms with E-state index in [4.69, 9.17) is 0 Å². The number of carbonyl (C=O) groups is 1. The Hall–Kier alpha value is -0.870. The summed E-state index contributed by atoms with van der Waals surface area (Å²) in [6.07, 6.45) is 1.69. The molecule has 0 aliphatic carbocycles. The summed E-state index contributed by atoms with van der Waals surface area (Å²) in [5.41, 5.74) is 0. The van der Waals surface area contributed by atoms with Crippen LogP contribution in [0.25, 0.3) is 0 Å². The van der Waals surface area contributed by atoms with Gasteiger partial charge in [0.25, 0.3) is 5.91 Å². The van der Waals surface area contributed by atoms with Crippen molar-refractivity contribution in [2.24, 2.45) is 0 Å². The highest BCUT2D eigenvalue weighted by atomic mass is 16.7. The number of carbonyl (C=O) groups excluding carboxylic acids is 1. The predicted molar refractivity (Wildman–Crippen MR) is 42.8 cm³/mol. The van der Waals surface area contributed by atoms with E-state index in [2.05, 4.69) is 16.7 Å². The second kappa shape index (κ2) is 5.88. The van der Waals surface area contributed by atoms with E-state index in [-0.39, 0.29) is 12.5 Å². The molecule has 11 heavy (non-hydrogen) atoms. The van der Waals surface area contributed by atoms with Gasteiger partial charge in [-0.25, -0.2) is 5.06 Å². The van der Waals surface area contributed by atoms with Crippen molar-refractivity contribution in [1.29, 1.82) is 0 Å². The minimum atomic E-state index is -0.102. The molecule has 1 amide bonds. The third-order valence-corrected chi connectivity index (χ3v) is 1.19. The molecule has 0 aliphatic rings. The summed E-state index contributed by atoms with van der Waals surface area (Å²) in [5, 5.41) is 4.04. The standard InChI is InChI=1S/C7H14N2O2/c1-4-5-8-6-7(10)9(2)11-3/h4,8H,1,5-6H2,2-3H3. The number of likely N-dealkylation sites (N-methyl/N-ethyl adjacent to an activating group) is 1. The summed E-state index contributed by atoms with van der Waals surface area (Å²) in [4.78, 5) is 15.6. The molecule has 0 atom stereocenters. The Bertz CT molecular complexity index is 136. The Morgan fingerprint density at radius 1 is 1.82 bits per heavy atom. The second-order valence-corrected chi connectivity index (χ2v) is 1.99. The number of nitrogens with zero attached hydrogens (tertiary/aromatic N) is 1. The van der Waals surface area contributed by atoms with Crippen LogP contribution in [0.2, 0.25) is 0 Å². The van der Waals surface area contributed by atoms with E-state index >= 15 is 0 Å². The van der Waals surface area contributed by atoms with Crippen molar-refractivity contribution in [1.82, 2.24) is 10.4 Å². The molecule has 64 valence electrons. The fourth-order valence-electron chi connectivity index (χ4n) is 0.494. The predicted octanol–water partition coefficient (Wildman–Crippen LogP) is -0.218. The van der Waals surface area contributed by atoms with E-state index < -0.39 is 0 Å². The molecule has 0 aromatic carbocycles. The molecule has 4 nitrogen and oxygen atoms in total. The molecule has 0 saturated heterocycles. The molecule has 4 heteroatoms. The van der Waals surface area contributed by atoms with E-state index in [1.807, 2.05) is 0 Å². The van der Waals surface area contributed by atoms with Gasteiger partial charge >= 0.3 is 0 Å². The Labute approximate surface area is 66.8 Å². The zero-order valence-electron chi connectivity index (χ0n) is 6.96. The number of hydrogen-bond donors (Lipinski definition) is 1. The first-order valence-corrected chi connectivity index (χ1v) is 3.34. The van der Waals surface area contributed by atoms with E-state index in [0.717, 1.165) is 0 Å². The number of hydroxylamine groups is 2. The Kier molecular flexibility index (Phi) is 5.42. The van der Waals surface area contributed by atoms with Crippen LogP contribution in [0.5, 0.6) is 0 Å². The summed E-state index contributed by atoms with van der Waals surface area (Å²) in [7, 11) is 3.02. The molecule has 0 spiro atoms. The first kappa shape index (κ1) is 10.1. The van der Waals surface area contributed by atoms with Crippen LogP contribution in [0.1, 0.15) is 0 Å².